The van der Waals surface area contributed by atoms with E-state index in [1.807, 2.05) is 24.3 Å². The molecule has 0 unspecified atom stereocenters. The number of benzene rings is 1. The van der Waals surface area contributed by atoms with Gasteiger partial charge in [0.25, 0.3) is 0 Å². The maximum atomic E-state index is 11.9. The van der Waals surface area contributed by atoms with E-state index in [0.29, 0.717) is 5.69 Å². The molecule has 0 saturated heterocycles. The van der Waals surface area contributed by atoms with Gasteiger partial charge in [-0.15, -0.1) is 0 Å². The molecule has 0 N–H and O–H groups in total. The van der Waals surface area contributed by atoms with Crippen LogP contribution in [-0.4, -0.2) is 21.1 Å². The third kappa shape index (κ3) is 2.51. The van der Waals surface area contributed by atoms with Crippen molar-refractivity contribution in [1.29, 1.82) is 0 Å². The first-order valence-corrected chi connectivity index (χ1v) is 6.37. The average molecular weight is 279 g/mol. The number of methoxy groups -OCH3 is 1. The second-order valence-electron chi connectivity index (χ2n) is 4.57. The molecule has 5 nitrogen and oxygen atoms in total. The highest BCUT2D eigenvalue weighted by molar-refractivity contribution is 5.46. The molecular formula is C16H13N3O2. The van der Waals surface area contributed by atoms with E-state index in [2.05, 4.69) is 16.8 Å². The molecule has 1 aromatic carbocycles. The zero-order valence-electron chi connectivity index (χ0n) is 11.7. The summed E-state index contributed by atoms with van der Waals surface area (Å²) in [6, 6.07) is 7.45. The van der Waals surface area contributed by atoms with Gasteiger partial charge < -0.3 is 9.30 Å². The standard InChI is InChI=1S/C16H13N3O2/c1-18-11-14-9-17-13(10-19(14)16(18)20)6-3-12-4-7-15(21-2)8-5-12/h4-5,7-11H,1-2H3. The maximum Gasteiger partial charge on any atom is 0.332 e. The fourth-order valence-electron chi connectivity index (χ4n) is 1.99. The summed E-state index contributed by atoms with van der Waals surface area (Å²) in [7, 11) is 3.33. The summed E-state index contributed by atoms with van der Waals surface area (Å²) in [4.78, 5) is 16.1. The predicted molar refractivity (Wildman–Crippen MR) is 79.4 cm³/mol. The Kier molecular flexibility index (Phi) is 3.20. The molecule has 0 aliphatic rings. The van der Waals surface area contributed by atoms with E-state index in [1.165, 1.54) is 8.97 Å². The Morgan fingerprint density at radius 3 is 2.62 bits per heavy atom. The summed E-state index contributed by atoms with van der Waals surface area (Å²) in [5.41, 5.74) is 2.04. The van der Waals surface area contributed by atoms with Gasteiger partial charge in [0, 0.05) is 25.0 Å². The molecule has 0 radical (unpaired) electrons. The second-order valence-corrected chi connectivity index (χ2v) is 4.57. The van der Waals surface area contributed by atoms with Crippen molar-refractivity contribution in [2.75, 3.05) is 7.11 Å². The van der Waals surface area contributed by atoms with Crippen molar-refractivity contribution in [2.24, 2.45) is 7.05 Å². The molecular weight excluding hydrogens is 266 g/mol. The molecule has 3 rings (SSSR count). The molecule has 0 amide bonds. The predicted octanol–water partition coefficient (Wildman–Crippen LogP) is 1.44. The SMILES string of the molecule is COc1ccc(C#Cc2cn3c(=O)n(C)cc3cn2)cc1. The van der Waals surface area contributed by atoms with Crippen molar-refractivity contribution < 1.29 is 4.74 Å². The number of rotatable bonds is 1. The molecule has 0 fully saturated rings. The largest absolute Gasteiger partial charge is 0.497 e. The Morgan fingerprint density at radius 2 is 1.90 bits per heavy atom. The highest BCUT2D eigenvalue weighted by atomic mass is 16.5. The van der Waals surface area contributed by atoms with Crippen LogP contribution in [0.4, 0.5) is 0 Å². The number of ether oxygens (including phenoxy) is 1. The summed E-state index contributed by atoms with van der Waals surface area (Å²) < 4.78 is 8.14. The fraction of sp³-hybridized carbons (Fsp3) is 0.125. The van der Waals surface area contributed by atoms with Gasteiger partial charge in [0.15, 0.2) is 0 Å². The van der Waals surface area contributed by atoms with Gasteiger partial charge in [0.2, 0.25) is 0 Å². The first kappa shape index (κ1) is 13.0. The number of hydrogen-bond acceptors (Lipinski definition) is 3. The lowest BCUT2D eigenvalue weighted by atomic mass is 10.2. The number of nitrogens with zero attached hydrogens (tertiary/aromatic N) is 3. The monoisotopic (exact) mass is 279 g/mol. The van der Waals surface area contributed by atoms with E-state index in [9.17, 15) is 4.79 Å². The molecule has 3 aromatic rings. The molecule has 104 valence electrons. The lowest BCUT2D eigenvalue weighted by molar-refractivity contribution is 0.415. The van der Waals surface area contributed by atoms with E-state index in [4.69, 9.17) is 4.74 Å². The van der Waals surface area contributed by atoms with Crippen LogP contribution in [0, 0.1) is 11.8 Å². The van der Waals surface area contributed by atoms with Gasteiger partial charge in [-0.2, -0.15) is 0 Å². The molecule has 5 heteroatoms. The van der Waals surface area contributed by atoms with Gasteiger partial charge in [-0.3, -0.25) is 4.40 Å². The highest BCUT2D eigenvalue weighted by Gasteiger charge is 2.02. The Balaban J connectivity index is 1.96. The van der Waals surface area contributed by atoms with Crippen molar-refractivity contribution in [3.8, 4) is 17.6 Å². The van der Waals surface area contributed by atoms with Gasteiger partial charge in [-0.25, -0.2) is 9.78 Å². The van der Waals surface area contributed by atoms with Crippen LogP contribution >= 0.6 is 0 Å². The molecule has 21 heavy (non-hydrogen) atoms. The summed E-state index contributed by atoms with van der Waals surface area (Å²) in [6.45, 7) is 0. The number of aryl methyl sites for hydroxylation is 1. The zero-order valence-corrected chi connectivity index (χ0v) is 11.7. The summed E-state index contributed by atoms with van der Waals surface area (Å²) in [6.07, 6.45) is 5.02. The van der Waals surface area contributed by atoms with Gasteiger partial charge in [-0.05, 0) is 30.2 Å². The zero-order chi connectivity index (χ0) is 14.8. The Labute approximate surface area is 121 Å². The van der Waals surface area contributed by atoms with Crippen molar-refractivity contribution in [1.82, 2.24) is 14.0 Å². The highest BCUT2D eigenvalue weighted by Crippen LogP contribution is 2.10. The normalized spacial score (nSPS) is 10.2. The van der Waals surface area contributed by atoms with Crippen molar-refractivity contribution >= 4 is 5.52 Å². The van der Waals surface area contributed by atoms with Crippen LogP contribution in [0.25, 0.3) is 5.52 Å². The van der Waals surface area contributed by atoms with Crippen LogP contribution < -0.4 is 10.4 Å². The van der Waals surface area contributed by atoms with Gasteiger partial charge in [0.1, 0.15) is 11.4 Å². The number of aromatic nitrogens is 3. The van der Waals surface area contributed by atoms with Crippen LogP contribution in [-0.2, 0) is 7.05 Å². The van der Waals surface area contributed by atoms with Gasteiger partial charge in [-0.1, -0.05) is 5.92 Å². The topological polar surface area (TPSA) is 48.5 Å². The van der Waals surface area contributed by atoms with Gasteiger partial charge >= 0.3 is 5.69 Å². The molecule has 2 heterocycles. The first-order chi connectivity index (χ1) is 10.2. The molecule has 0 aliphatic carbocycles. The maximum absolute atomic E-state index is 11.9. The van der Waals surface area contributed by atoms with E-state index >= 15 is 0 Å². The number of fused-ring (bicyclic) bond motifs is 1. The minimum absolute atomic E-state index is 0.111. The van der Waals surface area contributed by atoms with E-state index in [-0.39, 0.29) is 5.69 Å². The van der Waals surface area contributed by atoms with E-state index < -0.39 is 0 Å². The molecule has 0 bridgehead atoms. The quantitative estimate of drug-likeness (QED) is 0.633. The molecule has 0 saturated carbocycles. The third-order valence-corrected chi connectivity index (χ3v) is 3.12. The van der Waals surface area contributed by atoms with Gasteiger partial charge in [0.05, 0.1) is 18.8 Å². The molecule has 0 aliphatic heterocycles. The van der Waals surface area contributed by atoms with Crippen LogP contribution in [0.2, 0.25) is 0 Å². The minimum atomic E-state index is -0.111. The lowest BCUT2D eigenvalue weighted by Crippen LogP contribution is -2.16. The average Bonchev–Trinajstić information content (AvgIpc) is 2.80. The number of imidazole rings is 1. The van der Waals surface area contributed by atoms with Crippen LogP contribution in [0.1, 0.15) is 11.3 Å². The van der Waals surface area contributed by atoms with E-state index in [0.717, 1.165) is 16.8 Å². The van der Waals surface area contributed by atoms with Crippen molar-refractivity contribution in [3.05, 3.63) is 64.6 Å². The molecule has 2 aromatic heterocycles. The van der Waals surface area contributed by atoms with Crippen LogP contribution in [0.3, 0.4) is 0 Å². The van der Waals surface area contributed by atoms with Crippen molar-refractivity contribution in [2.45, 2.75) is 0 Å². The van der Waals surface area contributed by atoms with Crippen LogP contribution in [0.5, 0.6) is 5.75 Å². The fourth-order valence-corrected chi connectivity index (χ4v) is 1.99. The second kappa shape index (κ2) is 5.17. The first-order valence-electron chi connectivity index (χ1n) is 6.37. The summed E-state index contributed by atoms with van der Waals surface area (Å²) >= 11 is 0. The Morgan fingerprint density at radius 1 is 1.14 bits per heavy atom. The Bertz CT molecular complexity index is 909. The minimum Gasteiger partial charge on any atom is -0.497 e. The lowest BCUT2D eigenvalue weighted by Gasteiger charge is -1.97. The third-order valence-electron chi connectivity index (χ3n) is 3.12. The number of hydrogen-bond donors (Lipinski definition) is 0. The van der Waals surface area contributed by atoms with Crippen LogP contribution in [0.15, 0.2) is 47.7 Å². The molecule has 0 spiro atoms. The smallest absolute Gasteiger partial charge is 0.332 e. The molecule has 0 atom stereocenters. The summed E-state index contributed by atoms with van der Waals surface area (Å²) in [5, 5.41) is 0. The summed E-state index contributed by atoms with van der Waals surface area (Å²) in [5.74, 6) is 6.76. The van der Waals surface area contributed by atoms with E-state index in [1.54, 1.807) is 32.7 Å². The Hall–Kier alpha value is -3.00. The van der Waals surface area contributed by atoms with Crippen molar-refractivity contribution in [3.63, 3.8) is 0 Å².